The molecule has 4 fully saturated rings. The van der Waals surface area contributed by atoms with E-state index in [2.05, 4.69) is 33.4 Å². The number of hydrogen-bond donors (Lipinski definition) is 1. The lowest BCUT2D eigenvalue weighted by molar-refractivity contribution is -0.177. The van der Waals surface area contributed by atoms with Crippen molar-refractivity contribution in [1.82, 2.24) is 0 Å². The largest absolute Gasteiger partial charge is 0.390 e. The van der Waals surface area contributed by atoms with Gasteiger partial charge in [-0.05, 0) is 67.6 Å². The van der Waals surface area contributed by atoms with E-state index in [4.69, 9.17) is 4.74 Å². The van der Waals surface area contributed by atoms with Gasteiger partial charge in [0.25, 0.3) is 0 Å². The van der Waals surface area contributed by atoms with Crippen LogP contribution in [0.25, 0.3) is 0 Å². The fourth-order valence-electron chi connectivity index (χ4n) is 6.80. The van der Waals surface area contributed by atoms with Crippen LogP contribution in [0.15, 0.2) is 12.7 Å². The lowest BCUT2D eigenvalue weighted by Gasteiger charge is -2.64. The Kier molecular flexibility index (Phi) is 3.03. The first kappa shape index (κ1) is 15.2. The molecule has 0 aromatic carbocycles. The van der Waals surface area contributed by atoms with E-state index in [1.807, 2.05) is 0 Å². The molecule has 2 nitrogen and oxygen atoms in total. The minimum absolute atomic E-state index is 0.178. The molecule has 0 amide bonds. The minimum atomic E-state index is -0.240. The molecule has 1 spiro atoms. The van der Waals surface area contributed by atoms with Gasteiger partial charge in [-0.2, -0.15) is 0 Å². The smallest absolute Gasteiger partial charge is 0.123 e. The van der Waals surface area contributed by atoms with E-state index < -0.39 is 0 Å². The summed E-state index contributed by atoms with van der Waals surface area (Å²) in [5.74, 6) is 1.52. The predicted octanol–water partition coefficient (Wildman–Crippen LogP) is 4.33. The molecular weight excluding hydrogens is 272 g/mol. The van der Waals surface area contributed by atoms with E-state index >= 15 is 0 Å². The molecule has 4 rings (SSSR count). The monoisotopic (exact) mass is 304 g/mol. The highest BCUT2D eigenvalue weighted by molar-refractivity contribution is 5.21. The van der Waals surface area contributed by atoms with Gasteiger partial charge in [-0.1, -0.05) is 26.8 Å². The van der Waals surface area contributed by atoms with Gasteiger partial charge in [-0.25, -0.2) is 0 Å². The van der Waals surface area contributed by atoms with Crippen molar-refractivity contribution in [3.8, 4) is 0 Å². The van der Waals surface area contributed by atoms with Gasteiger partial charge < -0.3 is 9.84 Å². The predicted molar refractivity (Wildman–Crippen MR) is 88.5 cm³/mol. The van der Waals surface area contributed by atoms with Crippen molar-refractivity contribution in [1.29, 1.82) is 0 Å². The van der Waals surface area contributed by atoms with Gasteiger partial charge in [0.2, 0.25) is 0 Å². The van der Waals surface area contributed by atoms with E-state index in [0.717, 1.165) is 18.9 Å². The fourth-order valence-corrected chi connectivity index (χ4v) is 6.80. The lowest BCUT2D eigenvalue weighted by atomic mass is 9.41. The first-order chi connectivity index (χ1) is 10.3. The van der Waals surface area contributed by atoms with Gasteiger partial charge in [0.1, 0.15) is 5.60 Å². The Morgan fingerprint density at radius 1 is 1.09 bits per heavy atom. The summed E-state index contributed by atoms with van der Waals surface area (Å²) >= 11 is 0. The summed E-state index contributed by atoms with van der Waals surface area (Å²) < 4.78 is 5.94. The van der Waals surface area contributed by atoms with Gasteiger partial charge in [0.05, 0.1) is 12.7 Å². The molecule has 0 radical (unpaired) electrons. The Balaban J connectivity index is 1.68. The molecule has 4 aliphatic rings. The zero-order chi connectivity index (χ0) is 15.8. The van der Waals surface area contributed by atoms with E-state index in [-0.39, 0.29) is 17.1 Å². The van der Waals surface area contributed by atoms with Crippen LogP contribution in [0.3, 0.4) is 0 Å². The van der Waals surface area contributed by atoms with Crippen LogP contribution >= 0.6 is 0 Å². The summed E-state index contributed by atoms with van der Waals surface area (Å²) in [7, 11) is 0. The quantitative estimate of drug-likeness (QED) is 0.578. The van der Waals surface area contributed by atoms with Crippen molar-refractivity contribution in [2.75, 3.05) is 6.61 Å². The Morgan fingerprint density at radius 2 is 1.82 bits per heavy atom. The zero-order valence-corrected chi connectivity index (χ0v) is 14.5. The Hall–Kier alpha value is -0.340. The number of fused-ring (bicyclic) bond motifs is 4. The van der Waals surface area contributed by atoms with Crippen LogP contribution in [-0.4, -0.2) is 23.4 Å². The summed E-state index contributed by atoms with van der Waals surface area (Å²) in [6, 6.07) is 0. The average Bonchev–Trinajstić information content (AvgIpc) is 3.28. The molecule has 3 aliphatic carbocycles. The highest BCUT2D eigenvalue weighted by atomic mass is 16.6. The Morgan fingerprint density at radius 3 is 2.45 bits per heavy atom. The standard InChI is InChI=1S/C20H32O2/c1-5-17(2)10-11-18(3)14(12-17)8-9-19(4)15(18)6-7-16(21)20(19)13-22-20/h5,14-16,21H,1,6-13H2,2-4H3/t14-,15+,16-,17-,18-,19-,20-/m1/s1. The van der Waals surface area contributed by atoms with Crippen molar-refractivity contribution < 1.29 is 9.84 Å². The number of allylic oxidation sites excluding steroid dienone is 1. The minimum Gasteiger partial charge on any atom is -0.390 e. The molecule has 1 N–H and O–H groups in total. The van der Waals surface area contributed by atoms with Crippen LogP contribution in [0.4, 0.5) is 0 Å². The zero-order valence-electron chi connectivity index (χ0n) is 14.5. The number of hydrogen-bond acceptors (Lipinski definition) is 2. The lowest BCUT2D eigenvalue weighted by Crippen LogP contribution is -2.62. The molecule has 0 unspecified atom stereocenters. The van der Waals surface area contributed by atoms with Gasteiger partial charge in [-0.3, -0.25) is 0 Å². The topological polar surface area (TPSA) is 32.8 Å². The molecule has 1 saturated heterocycles. The number of epoxide rings is 1. The van der Waals surface area contributed by atoms with Crippen LogP contribution in [-0.2, 0) is 4.74 Å². The summed E-state index contributed by atoms with van der Waals surface area (Å²) in [4.78, 5) is 0. The Bertz CT molecular complexity index is 496. The summed E-state index contributed by atoms with van der Waals surface area (Å²) in [5.41, 5.74) is 0.732. The van der Waals surface area contributed by atoms with Crippen molar-refractivity contribution in [3.05, 3.63) is 12.7 Å². The van der Waals surface area contributed by atoms with Crippen molar-refractivity contribution in [2.24, 2.45) is 28.1 Å². The third kappa shape index (κ3) is 1.69. The van der Waals surface area contributed by atoms with E-state index in [1.54, 1.807) is 0 Å². The SMILES string of the molecule is C=C[C@]1(C)CC[C@]2(C)[C@H](CC[C@]3(C)[C@H]2CC[C@@H](O)[C@]32CO2)C1. The molecule has 1 aliphatic heterocycles. The normalized spacial score (nSPS) is 60.5. The Labute approximate surface area is 135 Å². The highest BCUT2D eigenvalue weighted by Gasteiger charge is 2.72. The van der Waals surface area contributed by atoms with Gasteiger partial charge in [0.15, 0.2) is 0 Å². The summed E-state index contributed by atoms with van der Waals surface area (Å²) in [6.45, 7) is 12.3. The van der Waals surface area contributed by atoms with Gasteiger partial charge in [-0.15, -0.1) is 6.58 Å². The van der Waals surface area contributed by atoms with Crippen LogP contribution in [0.1, 0.15) is 65.7 Å². The van der Waals surface area contributed by atoms with Crippen LogP contribution in [0.2, 0.25) is 0 Å². The van der Waals surface area contributed by atoms with Gasteiger partial charge >= 0.3 is 0 Å². The van der Waals surface area contributed by atoms with Crippen LogP contribution < -0.4 is 0 Å². The third-order valence-electron chi connectivity index (χ3n) is 8.64. The summed E-state index contributed by atoms with van der Waals surface area (Å²) in [6.07, 6.45) is 10.5. The number of rotatable bonds is 1. The first-order valence-electron chi connectivity index (χ1n) is 9.25. The van der Waals surface area contributed by atoms with Crippen LogP contribution in [0.5, 0.6) is 0 Å². The average molecular weight is 304 g/mol. The maximum absolute atomic E-state index is 10.6. The number of aliphatic hydroxyl groups excluding tert-OH is 1. The number of ether oxygens (including phenoxy) is 1. The van der Waals surface area contributed by atoms with E-state index in [1.165, 1.54) is 38.5 Å². The highest BCUT2D eigenvalue weighted by Crippen LogP contribution is 2.70. The maximum atomic E-state index is 10.6. The molecule has 0 aromatic rings. The first-order valence-corrected chi connectivity index (χ1v) is 9.25. The second-order valence-electron chi connectivity index (χ2n) is 9.55. The number of aliphatic hydroxyl groups is 1. The second-order valence-corrected chi connectivity index (χ2v) is 9.55. The molecule has 2 heteroatoms. The van der Waals surface area contributed by atoms with Crippen LogP contribution in [0, 0.1) is 28.1 Å². The molecular formula is C20H32O2. The third-order valence-corrected chi connectivity index (χ3v) is 8.64. The molecule has 0 bridgehead atoms. The van der Waals surface area contributed by atoms with Gasteiger partial charge in [0, 0.05) is 5.41 Å². The van der Waals surface area contributed by atoms with E-state index in [9.17, 15) is 5.11 Å². The van der Waals surface area contributed by atoms with E-state index in [0.29, 0.717) is 16.7 Å². The maximum Gasteiger partial charge on any atom is 0.123 e. The molecule has 124 valence electrons. The molecule has 1 heterocycles. The van der Waals surface area contributed by atoms with Crippen molar-refractivity contribution in [2.45, 2.75) is 77.4 Å². The summed E-state index contributed by atoms with van der Waals surface area (Å²) in [5, 5.41) is 10.6. The second kappa shape index (κ2) is 4.39. The van der Waals surface area contributed by atoms with Crippen molar-refractivity contribution >= 4 is 0 Å². The molecule has 0 aromatic heterocycles. The molecule has 22 heavy (non-hydrogen) atoms. The fraction of sp³-hybridized carbons (Fsp3) is 0.900. The molecule has 7 atom stereocenters. The molecule has 3 saturated carbocycles. The van der Waals surface area contributed by atoms with Crippen molar-refractivity contribution in [3.63, 3.8) is 0 Å².